The second kappa shape index (κ2) is 17.1. The third kappa shape index (κ3) is 10.1. The molecule has 0 saturated heterocycles. The fraction of sp³-hybridized carbons (Fsp3) is 0.179. The summed E-state index contributed by atoms with van der Waals surface area (Å²) in [6.07, 6.45) is -1.13. The number of hydrogen-bond acceptors (Lipinski definition) is 8. The van der Waals surface area contributed by atoms with E-state index in [9.17, 15) is 19.2 Å². The van der Waals surface area contributed by atoms with Gasteiger partial charge in [0, 0.05) is 24.0 Å². The first-order valence-corrected chi connectivity index (χ1v) is 15.0. The minimum atomic E-state index is -2.23. The van der Waals surface area contributed by atoms with E-state index in [1.807, 2.05) is 24.3 Å². The fourth-order valence-corrected chi connectivity index (χ4v) is 4.68. The molecule has 4 aromatic carbocycles. The third-order valence-electron chi connectivity index (χ3n) is 7.24. The number of benzene rings is 4. The minimum Gasteiger partial charge on any atom is -0.460 e. The summed E-state index contributed by atoms with van der Waals surface area (Å²) in [5.41, 5.74) is 0.177. The Morgan fingerprint density at radius 2 is 0.681 bits per heavy atom. The first-order chi connectivity index (χ1) is 22.8. The zero-order chi connectivity index (χ0) is 33.5. The molecule has 4 rings (SSSR count). The molecule has 0 spiro atoms. The summed E-state index contributed by atoms with van der Waals surface area (Å²) >= 11 is 0. The van der Waals surface area contributed by atoms with Crippen LogP contribution in [0.3, 0.4) is 0 Å². The Kier molecular flexibility index (Phi) is 12.4. The Morgan fingerprint density at radius 1 is 0.426 bits per heavy atom. The molecule has 0 heterocycles. The molecule has 0 N–H and O–H groups in total. The molecule has 0 unspecified atom stereocenters. The Morgan fingerprint density at radius 3 is 0.957 bits per heavy atom. The lowest BCUT2D eigenvalue weighted by molar-refractivity contribution is -0.174. The lowest BCUT2D eigenvalue weighted by Crippen LogP contribution is -2.44. The lowest BCUT2D eigenvalue weighted by Gasteiger charge is -2.30. The molecule has 0 saturated carbocycles. The number of rotatable bonds is 16. The zero-order valence-corrected chi connectivity index (χ0v) is 26.0. The molecule has 0 amide bonds. The van der Waals surface area contributed by atoms with E-state index < -0.39 is 42.1 Å². The van der Waals surface area contributed by atoms with Crippen LogP contribution in [0.2, 0.25) is 0 Å². The van der Waals surface area contributed by atoms with Gasteiger partial charge in [0.25, 0.3) is 0 Å². The van der Waals surface area contributed by atoms with Crippen molar-refractivity contribution in [3.63, 3.8) is 0 Å². The third-order valence-corrected chi connectivity index (χ3v) is 7.24. The van der Waals surface area contributed by atoms with Crippen LogP contribution >= 0.6 is 0 Å². The van der Waals surface area contributed by atoms with E-state index in [1.165, 1.54) is 0 Å². The highest BCUT2D eigenvalue weighted by atomic mass is 16.6. The summed E-state index contributed by atoms with van der Waals surface area (Å²) in [6.45, 7) is 7.23. The van der Waals surface area contributed by atoms with Crippen LogP contribution in [0.25, 0.3) is 0 Å². The van der Waals surface area contributed by atoms with Gasteiger partial charge in [-0.3, -0.25) is 9.59 Å². The molecule has 8 heteroatoms. The van der Waals surface area contributed by atoms with Crippen molar-refractivity contribution in [3.05, 3.63) is 168 Å². The number of esters is 4. The van der Waals surface area contributed by atoms with Gasteiger partial charge in [-0.1, -0.05) is 134 Å². The number of ether oxygens (including phenoxy) is 4. The molecule has 0 aliphatic heterocycles. The summed E-state index contributed by atoms with van der Waals surface area (Å²) in [6, 6.07) is 35.8. The summed E-state index contributed by atoms with van der Waals surface area (Å²) in [5.74, 6) is -3.70. The molecule has 0 radical (unpaired) electrons. The molecule has 47 heavy (non-hydrogen) atoms. The Bertz CT molecular complexity index is 1540. The molecule has 8 nitrogen and oxygen atoms in total. The van der Waals surface area contributed by atoms with Crippen LogP contribution in [-0.4, -0.2) is 23.9 Å². The summed E-state index contributed by atoms with van der Waals surface area (Å²) in [5, 5.41) is 0. The van der Waals surface area contributed by atoms with E-state index in [0.717, 1.165) is 11.1 Å². The molecule has 0 fully saturated rings. The lowest BCUT2D eigenvalue weighted by atomic mass is 9.76. The van der Waals surface area contributed by atoms with Crippen LogP contribution in [0, 0.1) is 5.41 Å². The van der Waals surface area contributed by atoms with Gasteiger partial charge >= 0.3 is 23.9 Å². The monoisotopic (exact) mass is 632 g/mol. The molecule has 0 atom stereocenters. The van der Waals surface area contributed by atoms with Gasteiger partial charge in [-0.05, 0) is 22.3 Å². The quantitative estimate of drug-likeness (QED) is 0.0573. The molecular weight excluding hydrogens is 596 g/mol. The van der Waals surface area contributed by atoms with Crippen molar-refractivity contribution in [1.82, 2.24) is 0 Å². The maximum atomic E-state index is 14.1. The van der Waals surface area contributed by atoms with Gasteiger partial charge in [-0.15, -0.1) is 0 Å². The predicted molar refractivity (Wildman–Crippen MR) is 175 cm³/mol. The topological polar surface area (TPSA) is 105 Å². The average Bonchev–Trinajstić information content (AvgIpc) is 3.12. The molecule has 240 valence electrons. The van der Waals surface area contributed by atoms with Crippen molar-refractivity contribution in [1.29, 1.82) is 0 Å². The van der Waals surface area contributed by atoms with E-state index in [4.69, 9.17) is 18.9 Å². The second-order valence-corrected chi connectivity index (χ2v) is 10.9. The summed E-state index contributed by atoms with van der Waals surface area (Å²) in [4.78, 5) is 54.4. The van der Waals surface area contributed by atoms with Gasteiger partial charge in [0.2, 0.25) is 0 Å². The SMILES string of the molecule is C=C(CC(CC(=C)C(=O)OCc1ccccc1)(C(=O)OCc1ccccc1)C(=O)OCc1ccccc1)C(=O)OCc1ccccc1. The van der Waals surface area contributed by atoms with Crippen molar-refractivity contribution in [2.45, 2.75) is 39.3 Å². The van der Waals surface area contributed by atoms with Gasteiger partial charge in [0.1, 0.15) is 26.4 Å². The van der Waals surface area contributed by atoms with Crippen LogP contribution < -0.4 is 0 Å². The Balaban J connectivity index is 1.61. The smallest absolute Gasteiger partial charge is 0.333 e. The van der Waals surface area contributed by atoms with Crippen molar-refractivity contribution in [2.75, 3.05) is 0 Å². The number of carbonyl (C=O) groups is 4. The van der Waals surface area contributed by atoms with Crippen LogP contribution in [0.15, 0.2) is 146 Å². The van der Waals surface area contributed by atoms with Crippen LogP contribution in [0.1, 0.15) is 35.1 Å². The molecule has 0 aliphatic carbocycles. The largest absolute Gasteiger partial charge is 0.460 e. The van der Waals surface area contributed by atoms with E-state index in [1.54, 1.807) is 97.1 Å². The predicted octanol–water partition coefficient (Wildman–Crippen LogP) is 6.84. The molecule has 0 bridgehead atoms. The zero-order valence-electron chi connectivity index (χ0n) is 26.0. The molecular formula is C39H36O8. The van der Waals surface area contributed by atoms with Crippen molar-refractivity contribution < 1.29 is 38.1 Å². The first kappa shape index (κ1) is 34.1. The highest BCUT2D eigenvalue weighted by Gasteiger charge is 2.51. The van der Waals surface area contributed by atoms with E-state index in [0.29, 0.717) is 11.1 Å². The molecule has 4 aromatic rings. The van der Waals surface area contributed by atoms with E-state index in [-0.39, 0.29) is 37.6 Å². The van der Waals surface area contributed by atoms with E-state index in [2.05, 4.69) is 13.2 Å². The Labute approximate surface area is 274 Å². The summed E-state index contributed by atoms with van der Waals surface area (Å²) < 4.78 is 22.2. The number of hydrogen-bond donors (Lipinski definition) is 0. The van der Waals surface area contributed by atoms with Gasteiger partial charge < -0.3 is 18.9 Å². The van der Waals surface area contributed by atoms with Crippen molar-refractivity contribution in [3.8, 4) is 0 Å². The van der Waals surface area contributed by atoms with Gasteiger partial charge in [-0.25, -0.2) is 9.59 Å². The van der Waals surface area contributed by atoms with Crippen LogP contribution in [0.4, 0.5) is 0 Å². The van der Waals surface area contributed by atoms with Gasteiger partial charge in [0.15, 0.2) is 5.41 Å². The second-order valence-electron chi connectivity index (χ2n) is 10.9. The van der Waals surface area contributed by atoms with Crippen molar-refractivity contribution in [2.24, 2.45) is 5.41 Å². The van der Waals surface area contributed by atoms with Crippen molar-refractivity contribution >= 4 is 23.9 Å². The highest BCUT2D eigenvalue weighted by molar-refractivity contribution is 6.04. The summed E-state index contributed by atoms with van der Waals surface area (Å²) in [7, 11) is 0. The minimum absolute atomic E-state index is 0.0544. The van der Waals surface area contributed by atoms with E-state index >= 15 is 0 Å². The van der Waals surface area contributed by atoms with Crippen LogP contribution in [0.5, 0.6) is 0 Å². The fourth-order valence-electron chi connectivity index (χ4n) is 4.68. The average molecular weight is 633 g/mol. The van der Waals surface area contributed by atoms with Gasteiger partial charge in [0.05, 0.1) is 0 Å². The maximum absolute atomic E-state index is 14.1. The first-order valence-electron chi connectivity index (χ1n) is 15.0. The molecule has 0 aliphatic rings. The highest BCUT2D eigenvalue weighted by Crippen LogP contribution is 2.38. The molecule has 0 aromatic heterocycles. The van der Waals surface area contributed by atoms with Crippen LogP contribution in [-0.2, 0) is 64.6 Å². The normalized spacial score (nSPS) is 10.7. The maximum Gasteiger partial charge on any atom is 0.333 e. The standard InChI is InChI=1S/C39H36O8/c1-29(35(40)44-25-31-15-7-3-8-16-31)23-39(37(42)46-27-33-19-11-5-12-20-33,38(43)47-28-34-21-13-6-14-22-34)24-30(2)36(41)45-26-32-17-9-4-10-18-32/h3-22H,1-2,23-28H2. The Hall–Kier alpha value is -5.76. The number of carbonyl (C=O) groups excluding carboxylic acids is 4. The van der Waals surface area contributed by atoms with Gasteiger partial charge in [-0.2, -0.15) is 0 Å².